The van der Waals surface area contributed by atoms with E-state index < -0.39 is 0 Å². The van der Waals surface area contributed by atoms with Gasteiger partial charge < -0.3 is 0 Å². The third kappa shape index (κ3) is 2.25. The zero-order valence-corrected chi connectivity index (χ0v) is 12.1. The zero-order valence-electron chi connectivity index (χ0n) is 12.1. The van der Waals surface area contributed by atoms with Crippen LogP contribution in [0.2, 0.25) is 0 Å². The van der Waals surface area contributed by atoms with E-state index in [1.807, 2.05) is 6.07 Å². The largest absolute Gasteiger partial charge is 0.289 e. The van der Waals surface area contributed by atoms with E-state index in [0.29, 0.717) is 34.3 Å². The van der Waals surface area contributed by atoms with Crippen LogP contribution in [0.25, 0.3) is 0 Å². The number of benzene rings is 2. The fourth-order valence-corrected chi connectivity index (χ4v) is 2.72. The topological polar surface area (TPSA) is 57.9 Å². The number of nitrogens with zero attached hydrogens (tertiary/aromatic N) is 1. The molecule has 22 heavy (non-hydrogen) atoms. The van der Waals surface area contributed by atoms with E-state index in [1.165, 1.54) is 0 Å². The Morgan fingerprint density at radius 1 is 0.955 bits per heavy atom. The number of allylic oxidation sites excluding steroid dienone is 2. The molecule has 2 aromatic carbocycles. The summed E-state index contributed by atoms with van der Waals surface area (Å²) in [4.78, 5) is 25.1. The number of ketones is 2. The molecule has 1 aliphatic rings. The Morgan fingerprint density at radius 2 is 1.64 bits per heavy atom. The molecule has 0 aliphatic heterocycles. The zero-order chi connectivity index (χ0) is 15.7. The number of fused-ring (bicyclic) bond motifs is 1. The second-order valence-corrected chi connectivity index (χ2v) is 5.30. The number of Topliss-reactive ketones (excluding diaryl/α,β-unsaturated/α-hetero) is 2. The second-order valence-electron chi connectivity index (χ2n) is 5.30. The average Bonchev–Trinajstić information content (AvgIpc) is 2.57. The predicted octanol–water partition coefficient (Wildman–Crippen LogP) is 3.50. The highest BCUT2D eigenvalue weighted by atomic mass is 16.1. The van der Waals surface area contributed by atoms with Crippen molar-refractivity contribution in [2.24, 2.45) is 0 Å². The summed E-state index contributed by atoms with van der Waals surface area (Å²) in [5, 5.41) is 8.96. The molecule has 1 aliphatic carbocycles. The minimum atomic E-state index is -0.102. The third-order valence-corrected chi connectivity index (χ3v) is 3.92. The van der Waals surface area contributed by atoms with Crippen LogP contribution in [0.15, 0.2) is 59.7 Å². The van der Waals surface area contributed by atoms with Crippen molar-refractivity contribution in [1.29, 1.82) is 5.26 Å². The molecule has 0 saturated heterocycles. The average molecular weight is 287 g/mol. The van der Waals surface area contributed by atoms with Crippen LogP contribution in [0.3, 0.4) is 0 Å². The first-order valence-electron chi connectivity index (χ1n) is 6.99. The number of hydrogen-bond donors (Lipinski definition) is 0. The number of carbonyl (C=O) groups excluding carboxylic acids is 2. The number of carbonyl (C=O) groups is 2. The lowest BCUT2D eigenvalue weighted by Gasteiger charge is -2.19. The number of hydrogen-bond acceptors (Lipinski definition) is 3. The van der Waals surface area contributed by atoms with E-state index in [2.05, 4.69) is 6.07 Å². The molecule has 0 spiro atoms. The van der Waals surface area contributed by atoms with Crippen molar-refractivity contribution in [3.05, 3.63) is 81.9 Å². The van der Waals surface area contributed by atoms with Crippen LogP contribution in [0.1, 0.15) is 38.8 Å². The maximum absolute atomic E-state index is 12.7. The van der Waals surface area contributed by atoms with Gasteiger partial charge in [-0.15, -0.1) is 0 Å². The monoisotopic (exact) mass is 287 g/mol. The molecule has 106 valence electrons. The first-order valence-corrected chi connectivity index (χ1v) is 6.99. The van der Waals surface area contributed by atoms with E-state index in [0.717, 1.165) is 5.56 Å². The first kappa shape index (κ1) is 14.0. The molecule has 0 N–H and O–H groups in total. The molecule has 0 amide bonds. The highest BCUT2D eigenvalue weighted by molar-refractivity contribution is 6.26. The van der Waals surface area contributed by atoms with Crippen molar-refractivity contribution in [1.82, 2.24) is 0 Å². The Labute approximate surface area is 128 Å². The van der Waals surface area contributed by atoms with Gasteiger partial charge in [0.05, 0.1) is 11.6 Å². The molecule has 3 nitrogen and oxygen atoms in total. The summed E-state index contributed by atoms with van der Waals surface area (Å²) in [6, 6.07) is 16.1. The summed E-state index contributed by atoms with van der Waals surface area (Å²) >= 11 is 0. The lowest BCUT2D eigenvalue weighted by molar-refractivity contribution is 0.0973. The van der Waals surface area contributed by atoms with Crippen molar-refractivity contribution >= 4 is 11.6 Å². The summed E-state index contributed by atoms with van der Waals surface area (Å²) < 4.78 is 0. The van der Waals surface area contributed by atoms with Gasteiger partial charge in [0.15, 0.2) is 11.6 Å². The van der Waals surface area contributed by atoms with Gasteiger partial charge in [0.25, 0.3) is 0 Å². The quantitative estimate of drug-likeness (QED) is 0.849. The van der Waals surface area contributed by atoms with Gasteiger partial charge in [-0.05, 0) is 24.6 Å². The molecule has 3 heteroatoms. The minimum absolute atomic E-state index is 0.0957. The lowest BCUT2D eigenvalue weighted by Crippen LogP contribution is -2.22. The Hall–Kier alpha value is -2.99. The molecular weight excluding hydrogens is 274 g/mol. The summed E-state index contributed by atoms with van der Waals surface area (Å²) in [5.74, 6) is -0.198. The van der Waals surface area contributed by atoms with Gasteiger partial charge in [-0.25, -0.2) is 0 Å². The first-order chi connectivity index (χ1) is 10.6. The van der Waals surface area contributed by atoms with E-state index in [4.69, 9.17) is 5.26 Å². The Balaban J connectivity index is 2.04. The Morgan fingerprint density at radius 3 is 2.32 bits per heavy atom. The molecular formula is C19H13NO2. The van der Waals surface area contributed by atoms with Gasteiger partial charge in [-0.3, -0.25) is 9.59 Å². The summed E-state index contributed by atoms with van der Waals surface area (Å²) in [7, 11) is 0. The smallest absolute Gasteiger partial charge is 0.190 e. The van der Waals surface area contributed by atoms with Crippen molar-refractivity contribution in [2.75, 3.05) is 0 Å². The van der Waals surface area contributed by atoms with Gasteiger partial charge in [-0.1, -0.05) is 36.4 Å². The van der Waals surface area contributed by atoms with E-state index in [9.17, 15) is 9.59 Å². The second kappa shape index (κ2) is 5.42. The Bertz CT molecular complexity index is 869. The molecule has 0 aromatic heterocycles. The molecule has 0 radical (unpaired) electrons. The van der Waals surface area contributed by atoms with Gasteiger partial charge in [0, 0.05) is 28.7 Å². The van der Waals surface area contributed by atoms with Crippen LogP contribution < -0.4 is 0 Å². The van der Waals surface area contributed by atoms with Crippen molar-refractivity contribution < 1.29 is 9.59 Å². The van der Waals surface area contributed by atoms with Gasteiger partial charge in [0.2, 0.25) is 0 Å². The Kier molecular flexibility index (Phi) is 3.44. The number of rotatable bonds is 2. The molecule has 0 fully saturated rings. The van der Waals surface area contributed by atoms with Crippen molar-refractivity contribution in [3.8, 4) is 6.07 Å². The fourth-order valence-electron chi connectivity index (χ4n) is 2.72. The highest BCUT2D eigenvalue weighted by Crippen LogP contribution is 2.28. The predicted molar refractivity (Wildman–Crippen MR) is 82.7 cm³/mol. The molecule has 0 saturated carbocycles. The van der Waals surface area contributed by atoms with Crippen molar-refractivity contribution in [2.45, 2.75) is 13.3 Å². The van der Waals surface area contributed by atoms with Crippen molar-refractivity contribution in [3.63, 3.8) is 0 Å². The van der Waals surface area contributed by atoms with Gasteiger partial charge >= 0.3 is 0 Å². The number of nitriles is 1. The lowest BCUT2D eigenvalue weighted by atomic mass is 9.82. The molecule has 0 unspecified atom stereocenters. The highest BCUT2D eigenvalue weighted by Gasteiger charge is 2.29. The fraction of sp³-hybridized carbons (Fsp3) is 0.105. The van der Waals surface area contributed by atoms with E-state index in [1.54, 1.807) is 49.4 Å². The van der Waals surface area contributed by atoms with Crippen LogP contribution in [-0.4, -0.2) is 11.6 Å². The maximum atomic E-state index is 12.7. The maximum Gasteiger partial charge on any atom is 0.190 e. The molecule has 3 rings (SSSR count). The molecule has 0 bridgehead atoms. The normalized spacial score (nSPS) is 13.8. The van der Waals surface area contributed by atoms with Crippen LogP contribution in [-0.2, 0) is 6.42 Å². The van der Waals surface area contributed by atoms with Crippen LogP contribution in [0.5, 0.6) is 0 Å². The van der Waals surface area contributed by atoms with Crippen LogP contribution >= 0.6 is 0 Å². The summed E-state index contributed by atoms with van der Waals surface area (Å²) in [5.41, 5.74) is 3.34. The van der Waals surface area contributed by atoms with Gasteiger partial charge in [0.1, 0.15) is 0 Å². The van der Waals surface area contributed by atoms with Crippen LogP contribution in [0, 0.1) is 11.3 Å². The van der Waals surface area contributed by atoms with Crippen LogP contribution in [0.4, 0.5) is 0 Å². The molecule has 2 aromatic rings. The summed E-state index contributed by atoms with van der Waals surface area (Å²) in [6.45, 7) is 1.69. The van der Waals surface area contributed by atoms with E-state index in [-0.39, 0.29) is 11.6 Å². The molecule has 0 atom stereocenters. The molecule has 0 heterocycles. The standard InChI is InChI=1S/C19H13NO2/c1-12-17(10-13-5-4-6-14(9-13)11-20)19(22)16-8-3-2-7-15(16)18(12)21/h2-9H,10H2,1H3. The van der Waals surface area contributed by atoms with E-state index >= 15 is 0 Å². The van der Waals surface area contributed by atoms with Gasteiger partial charge in [-0.2, -0.15) is 5.26 Å². The third-order valence-electron chi connectivity index (χ3n) is 3.92. The SMILES string of the molecule is CC1=C(Cc2cccc(C#N)c2)C(=O)c2ccccc2C1=O. The summed E-state index contributed by atoms with van der Waals surface area (Å²) in [6.07, 6.45) is 0.361. The minimum Gasteiger partial charge on any atom is -0.289 e.